The molecule has 0 aliphatic rings. The number of aromatic nitrogens is 2. The van der Waals surface area contributed by atoms with E-state index in [1.165, 1.54) is 13.1 Å². The number of carbonyl (C=O) groups excluding carboxylic acids is 1. The first-order valence-corrected chi connectivity index (χ1v) is 7.55. The van der Waals surface area contributed by atoms with Gasteiger partial charge < -0.3 is 5.32 Å². The minimum absolute atomic E-state index is 0.223. The van der Waals surface area contributed by atoms with Crippen LogP contribution in [0.1, 0.15) is 22.5 Å². The van der Waals surface area contributed by atoms with Crippen molar-refractivity contribution in [2.45, 2.75) is 6.43 Å². The summed E-state index contributed by atoms with van der Waals surface area (Å²) in [5.74, 6) is -3.45. The van der Waals surface area contributed by atoms with E-state index in [9.17, 15) is 22.4 Å². The van der Waals surface area contributed by atoms with Gasteiger partial charge in [-0.05, 0) is 17.7 Å². The molecule has 0 saturated carbocycles. The van der Waals surface area contributed by atoms with Gasteiger partial charge in [-0.25, -0.2) is 17.6 Å². The molecular weight excluding hydrogens is 350 g/mol. The van der Waals surface area contributed by atoms with Crippen LogP contribution in [0.25, 0.3) is 11.1 Å². The molecule has 26 heavy (non-hydrogen) atoms. The SMILES string of the molecule is Cn1cc(C(=O)Nc2c(-c3ccccc3)ccc(F)c2F)c(C(F)F)n1. The highest BCUT2D eigenvalue weighted by Crippen LogP contribution is 2.32. The van der Waals surface area contributed by atoms with Gasteiger partial charge in [-0.1, -0.05) is 30.3 Å². The first kappa shape index (κ1) is 17.7. The zero-order valence-corrected chi connectivity index (χ0v) is 13.5. The van der Waals surface area contributed by atoms with Gasteiger partial charge in [-0.15, -0.1) is 0 Å². The molecule has 0 spiro atoms. The Morgan fingerprint density at radius 2 is 1.81 bits per heavy atom. The Hall–Kier alpha value is -3.16. The van der Waals surface area contributed by atoms with E-state index in [2.05, 4.69) is 10.4 Å². The molecule has 3 rings (SSSR count). The standard InChI is InChI=1S/C18H13F4N3O/c1-25-9-12(16(24-25)17(21)22)18(26)23-15-11(7-8-13(19)14(15)20)10-5-3-2-4-6-10/h2-9,17H,1H3,(H,23,26). The van der Waals surface area contributed by atoms with E-state index in [1.807, 2.05) is 0 Å². The molecule has 0 fully saturated rings. The molecule has 0 bridgehead atoms. The molecule has 8 heteroatoms. The Balaban J connectivity index is 2.05. The van der Waals surface area contributed by atoms with Crippen molar-refractivity contribution in [3.63, 3.8) is 0 Å². The third-order valence-electron chi connectivity index (χ3n) is 3.73. The number of anilines is 1. The summed E-state index contributed by atoms with van der Waals surface area (Å²) in [4.78, 5) is 12.4. The van der Waals surface area contributed by atoms with Crippen molar-refractivity contribution < 1.29 is 22.4 Å². The minimum atomic E-state index is -2.98. The monoisotopic (exact) mass is 363 g/mol. The summed E-state index contributed by atoms with van der Waals surface area (Å²) >= 11 is 0. The maximum Gasteiger partial charge on any atom is 0.282 e. The summed E-state index contributed by atoms with van der Waals surface area (Å²) in [6.07, 6.45) is -1.89. The zero-order chi connectivity index (χ0) is 18.8. The first-order valence-electron chi connectivity index (χ1n) is 7.55. The van der Waals surface area contributed by atoms with Crippen molar-refractivity contribution in [1.82, 2.24) is 9.78 Å². The van der Waals surface area contributed by atoms with Crippen molar-refractivity contribution >= 4 is 11.6 Å². The van der Waals surface area contributed by atoms with Gasteiger partial charge in [0.05, 0.1) is 11.3 Å². The molecule has 1 amide bonds. The van der Waals surface area contributed by atoms with Gasteiger partial charge in [0.25, 0.3) is 12.3 Å². The van der Waals surface area contributed by atoms with E-state index >= 15 is 0 Å². The molecule has 1 N–H and O–H groups in total. The van der Waals surface area contributed by atoms with Gasteiger partial charge >= 0.3 is 0 Å². The molecule has 3 aromatic rings. The molecule has 0 aliphatic carbocycles. The number of hydrogen-bond donors (Lipinski definition) is 1. The lowest BCUT2D eigenvalue weighted by atomic mass is 10.0. The molecule has 0 unspecified atom stereocenters. The Labute approximate surface area is 146 Å². The van der Waals surface area contributed by atoms with E-state index in [1.54, 1.807) is 30.3 Å². The number of nitrogens with zero attached hydrogens (tertiary/aromatic N) is 2. The van der Waals surface area contributed by atoms with Crippen molar-refractivity contribution in [1.29, 1.82) is 0 Å². The van der Waals surface area contributed by atoms with Crippen LogP contribution in [0.5, 0.6) is 0 Å². The lowest BCUT2D eigenvalue weighted by Crippen LogP contribution is -2.16. The van der Waals surface area contributed by atoms with Gasteiger partial charge in [0.15, 0.2) is 11.6 Å². The second-order valence-corrected chi connectivity index (χ2v) is 5.51. The van der Waals surface area contributed by atoms with Crippen LogP contribution in [0.4, 0.5) is 23.2 Å². The van der Waals surface area contributed by atoms with Crippen LogP contribution in [0.15, 0.2) is 48.7 Å². The maximum absolute atomic E-state index is 14.3. The van der Waals surface area contributed by atoms with Crippen LogP contribution in [-0.2, 0) is 7.05 Å². The number of hydrogen-bond acceptors (Lipinski definition) is 2. The fraction of sp³-hybridized carbons (Fsp3) is 0.111. The average Bonchev–Trinajstić information content (AvgIpc) is 3.02. The third-order valence-corrected chi connectivity index (χ3v) is 3.73. The van der Waals surface area contributed by atoms with Gasteiger partial charge in [0.2, 0.25) is 0 Å². The fourth-order valence-corrected chi connectivity index (χ4v) is 2.55. The summed E-state index contributed by atoms with van der Waals surface area (Å²) in [6, 6.07) is 10.7. The number of nitrogens with one attached hydrogen (secondary N) is 1. The van der Waals surface area contributed by atoms with E-state index in [-0.39, 0.29) is 5.56 Å². The molecule has 1 heterocycles. The highest BCUT2D eigenvalue weighted by molar-refractivity contribution is 6.07. The number of rotatable bonds is 4. The lowest BCUT2D eigenvalue weighted by molar-refractivity contribution is 0.101. The fourth-order valence-electron chi connectivity index (χ4n) is 2.55. The zero-order valence-electron chi connectivity index (χ0n) is 13.5. The van der Waals surface area contributed by atoms with Crippen LogP contribution in [0.3, 0.4) is 0 Å². The summed E-state index contributed by atoms with van der Waals surface area (Å²) in [7, 11) is 1.38. The second-order valence-electron chi connectivity index (χ2n) is 5.51. The van der Waals surface area contributed by atoms with Crippen molar-refractivity contribution in [2.24, 2.45) is 7.05 Å². The topological polar surface area (TPSA) is 46.9 Å². The molecule has 0 atom stereocenters. The highest BCUT2D eigenvalue weighted by atomic mass is 19.3. The molecule has 0 aliphatic heterocycles. The molecular formula is C18H13F4N3O. The van der Waals surface area contributed by atoms with E-state index < -0.39 is 40.9 Å². The molecule has 0 radical (unpaired) electrons. The van der Waals surface area contributed by atoms with Gasteiger partial charge in [-0.2, -0.15) is 5.10 Å². The normalized spacial score (nSPS) is 11.0. The number of carbonyl (C=O) groups is 1. The quantitative estimate of drug-likeness (QED) is 0.691. The smallest absolute Gasteiger partial charge is 0.282 e. The Kier molecular flexibility index (Phi) is 4.75. The summed E-state index contributed by atoms with van der Waals surface area (Å²) < 4.78 is 55.1. The molecule has 4 nitrogen and oxygen atoms in total. The van der Waals surface area contributed by atoms with Crippen LogP contribution in [-0.4, -0.2) is 15.7 Å². The van der Waals surface area contributed by atoms with Crippen LogP contribution in [0, 0.1) is 11.6 Å². The highest BCUT2D eigenvalue weighted by Gasteiger charge is 2.25. The van der Waals surface area contributed by atoms with E-state index in [0.29, 0.717) is 5.56 Å². The summed E-state index contributed by atoms with van der Waals surface area (Å²) in [5.41, 5.74) is -0.819. The summed E-state index contributed by atoms with van der Waals surface area (Å²) in [5, 5.41) is 5.73. The van der Waals surface area contributed by atoms with Gasteiger partial charge in [0, 0.05) is 18.8 Å². The lowest BCUT2D eigenvalue weighted by Gasteiger charge is -2.13. The molecule has 134 valence electrons. The number of aryl methyl sites for hydroxylation is 1. The van der Waals surface area contributed by atoms with Crippen LogP contribution < -0.4 is 5.32 Å². The van der Waals surface area contributed by atoms with Crippen molar-refractivity contribution in [2.75, 3.05) is 5.32 Å². The largest absolute Gasteiger partial charge is 0.319 e. The number of alkyl halides is 2. The van der Waals surface area contributed by atoms with Crippen molar-refractivity contribution in [3.05, 3.63) is 71.6 Å². The van der Waals surface area contributed by atoms with Gasteiger partial charge in [-0.3, -0.25) is 9.48 Å². The minimum Gasteiger partial charge on any atom is -0.319 e. The first-order chi connectivity index (χ1) is 12.4. The Morgan fingerprint density at radius 3 is 2.46 bits per heavy atom. The third kappa shape index (κ3) is 3.30. The van der Waals surface area contributed by atoms with Gasteiger partial charge in [0.1, 0.15) is 5.69 Å². The van der Waals surface area contributed by atoms with Crippen LogP contribution in [0.2, 0.25) is 0 Å². The predicted octanol–water partition coefficient (Wildman–Crippen LogP) is 4.56. The molecule has 2 aromatic carbocycles. The molecule has 1 aromatic heterocycles. The van der Waals surface area contributed by atoms with Crippen molar-refractivity contribution in [3.8, 4) is 11.1 Å². The predicted molar refractivity (Wildman–Crippen MR) is 87.9 cm³/mol. The number of benzene rings is 2. The Bertz CT molecular complexity index is 955. The number of amides is 1. The summed E-state index contributed by atoms with van der Waals surface area (Å²) in [6.45, 7) is 0. The molecule has 0 saturated heterocycles. The van der Waals surface area contributed by atoms with Crippen LogP contribution >= 0.6 is 0 Å². The number of halogens is 4. The van der Waals surface area contributed by atoms with E-state index in [4.69, 9.17) is 0 Å². The average molecular weight is 363 g/mol. The van der Waals surface area contributed by atoms with E-state index in [0.717, 1.165) is 16.9 Å². The maximum atomic E-state index is 14.3. The Morgan fingerprint density at radius 1 is 1.12 bits per heavy atom. The second kappa shape index (κ2) is 6.99.